The van der Waals surface area contributed by atoms with Crippen LogP contribution < -0.4 is 4.90 Å². The molecule has 2 heteroatoms. The van der Waals surface area contributed by atoms with Crippen LogP contribution in [0.5, 0.6) is 0 Å². The van der Waals surface area contributed by atoms with Crippen LogP contribution in [0.1, 0.15) is 37.9 Å². The number of anilines is 1. The van der Waals surface area contributed by atoms with Gasteiger partial charge in [-0.05, 0) is 43.4 Å². The molecule has 1 N–H and O–H groups in total. The van der Waals surface area contributed by atoms with Crippen LogP contribution in [0, 0.1) is 5.92 Å². The highest BCUT2D eigenvalue weighted by atomic mass is 16.3. The lowest BCUT2D eigenvalue weighted by molar-refractivity contribution is 0.199. The zero-order valence-corrected chi connectivity index (χ0v) is 10.2. The second-order valence-electron chi connectivity index (χ2n) is 4.94. The fourth-order valence-electron chi connectivity index (χ4n) is 2.18. The Morgan fingerprint density at radius 2 is 1.94 bits per heavy atom. The van der Waals surface area contributed by atoms with Crippen LogP contribution >= 0.6 is 0 Å². The van der Waals surface area contributed by atoms with Gasteiger partial charge < -0.3 is 10.0 Å². The maximum atomic E-state index is 9.43. The fraction of sp³-hybridized carbons (Fsp3) is 0.571. The van der Waals surface area contributed by atoms with Gasteiger partial charge in [-0.25, -0.2) is 0 Å². The molecule has 0 radical (unpaired) electrons. The molecule has 1 aromatic carbocycles. The van der Waals surface area contributed by atoms with Crippen molar-refractivity contribution in [3.63, 3.8) is 0 Å². The van der Waals surface area contributed by atoms with Gasteiger partial charge in [0.05, 0.1) is 6.10 Å². The fourth-order valence-corrected chi connectivity index (χ4v) is 2.18. The van der Waals surface area contributed by atoms with E-state index in [1.165, 1.54) is 24.9 Å². The van der Waals surface area contributed by atoms with Crippen LogP contribution in [0.4, 0.5) is 5.69 Å². The molecule has 2 nitrogen and oxygen atoms in total. The van der Waals surface area contributed by atoms with Crippen molar-refractivity contribution in [1.82, 2.24) is 0 Å². The Balaban J connectivity index is 1.97. The summed E-state index contributed by atoms with van der Waals surface area (Å²) >= 11 is 0. The molecule has 1 atom stereocenters. The molecule has 1 saturated carbocycles. The monoisotopic (exact) mass is 219 g/mol. The number of benzene rings is 1. The minimum Gasteiger partial charge on any atom is -0.389 e. The van der Waals surface area contributed by atoms with E-state index in [2.05, 4.69) is 24.1 Å². The van der Waals surface area contributed by atoms with Crippen molar-refractivity contribution >= 4 is 5.69 Å². The van der Waals surface area contributed by atoms with E-state index in [9.17, 15) is 5.11 Å². The predicted molar refractivity (Wildman–Crippen MR) is 67.7 cm³/mol. The molecule has 1 fully saturated rings. The normalized spacial score (nSPS) is 17.9. The van der Waals surface area contributed by atoms with Crippen molar-refractivity contribution in [2.75, 3.05) is 18.5 Å². The molecule has 1 aliphatic carbocycles. The Morgan fingerprint density at radius 1 is 1.31 bits per heavy atom. The minimum absolute atomic E-state index is 0.369. The Morgan fingerprint density at radius 3 is 2.38 bits per heavy atom. The van der Waals surface area contributed by atoms with Gasteiger partial charge in [0.1, 0.15) is 0 Å². The third-order valence-corrected chi connectivity index (χ3v) is 3.57. The molecule has 2 rings (SSSR count). The maximum Gasteiger partial charge on any atom is 0.0761 e. The minimum atomic E-state index is -0.369. The summed E-state index contributed by atoms with van der Waals surface area (Å²) in [7, 11) is 2.15. The second-order valence-corrected chi connectivity index (χ2v) is 4.94. The lowest BCUT2D eigenvalue weighted by Gasteiger charge is -2.31. The van der Waals surface area contributed by atoms with Gasteiger partial charge >= 0.3 is 0 Å². The van der Waals surface area contributed by atoms with E-state index in [4.69, 9.17) is 0 Å². The van der Waals surface area contributed by atoms with E-state index >= 15 is 0 Å². The molecule has 88 valence electrons. The molecule has 0 bridgehead atoms. The summed E-state index contributed by atoms with van der Waals surface area (Å²) in [5.74, 6) is 0.890. The Hall–Kier alpha value is -1.02. The average molecular weight is 219 g/mol. The van der Waals surface area contributed by atoms with Crippen molar-refractivity contribution in [1.29, 1.82) is 0 Å². The van der Waals surface area contributed by atoms with Gasteiger partial charge in [0.2, 0.25) is 0 Å². The SMILES string of the molecule is CC(O)c1ccc(N(C)CC2CCC2)cc1. The van der Waals surface area contributed by atoms with Gasteiger partial charge in [-0.15, -0.1) is 0 Å². The Kier molecular flexibility index (Phi) is 3.49. The number of hydrogen-bond acceptors (Lipinski definition) is 2. The van der Waals surface area contributed by atoms with E-state index in [-0.39, 0.29) is 6.10 Å². The first-order chi connectivity index (χ1) is 7.66. The molecule has 1 aliphatic rings. The lowest BCUT2D eigenvalue weighted by atomic mass is 9.85. The van der Waals surface area contributed by atoms with Crippen LogP contribution in [0.2, 0.25) is 0 Å². The number of aliphatic hydroxyl groups excluding tert-OH is 1. The van der Waals surface area contributed by atoms with E-state index in [1.54, 1.807) is 6.92 Å². The molecule has 0 heterocycles. The molecule has 16 heavy (non-hydrogen) atoms. The van der Waals surface area contributed by atoms with Crippen molar-refractivity contribution in [3.8, 4) is 0 Å². The third-order valence-electron chi connectivity index (χ3n) is 3.57. The molecule has 1 unspecified atom stereocenters. The molecule has 0 aliphatic heterocycles. The maximum absolute atomic E-state index is 9.43. The first-order valence-corrected chi connectivity index (χ1v) is 6.16. The number of aliphatic hydroxyl groups is 1. The molecular weight excluding hydrogens is 198 g/mol. The van der Waals surface area contributed by atoms with Crippen LogP contribution in [0.25, 0.3) is 0 Å². The number of hydrogen-bond donors (Lipinski definition) is 1. The molecule has 0 saturated heterocycles. The number of rotatable bonds is 4. The zero-order valence-electron chi connectivity index (χ0n) is 10.2. The van der Waals surface area contributed by atoms with Crippen LogP contribution in [-0.4, -0.2) is 18.7 Å². The van der Waals surface area contributed by atoms with Crippen molar-refractivity contribution in [3.05, 3.63) is 29.8 Å². The van der Waals surface area contributed by atoms with Crippen LogP contribution in [0.15, 0.2) is 24.3 Å². The molecule has 1 aromatic rings. The predicted octanol–water partition coefficient (Wildman–Crippen LogP) is 2.98. The summed E-state index contributed by atoms with van der Waals surface area (Å²) in [5.41, 5.74) is 2.23. The van der Waals surface area contributed by atoms with Gasteiger partial charge in [-0.2, -0.15) is 0 Å². The summed E-state index contributed by atoms with van der Waals surface area (Å²) in [6.07, 6.45) is 3.80. The number of nitrogens with zero attached hydrogens (tertiary/aromatic N) is 1. The summed E-state index contributed by atoms with van der Waals surface area (Å²) in [4.78, 5) is 2.32. The highest BCUT2D eigenvalue weighted by Crippen LogP contribution is 2.28. The topological polar surface area (TPSA) is 23.5 Å². The van der Waals surface area contributed by atoms with Gasteiger partial charge in [0, 0.05) is 19.3 Å². The van der Waals surface area contributed by atoms with Crippen molar-refractivity contribution < 1.29 is 5.11 Å². The van der Waals surface area contributed by atoms with Gasteiger partial charge in [0.25, 0.3) is 0 Å². The van der Waals surface area contributed by atoms with E-state index in [0.717, 1.165) is 18.0 Å². The summed E-state index contributed by atoms with van der Waals surface area (Å²) in [5, 5.41) is 9.43. The van der Waals surface area contributed by atoms with Gasteiger partial charge in [-0.3, -0.25) is 0 Å². The Labute approximate surface area is 97.9 Å². The Bertz CT molecular complexity index is 327. The van der Waals surface area contributed by atoms with Crippen molar-refractivity contribution in [2.24, 2.45) is 5.92 Å². The molecular formula is C14H21NO. The largest absolute Gasteiger partial charge is 0.389 e. The smallest absolute Gasteiger partial charge is 0.0761 e. The lowest BCUT2D eigenvalue weighted by Crippen LogP contribution is -2.29. The van der Waals surface area contributed by atoms with Gasteiger partial charge in [-0.1, -0.05) is 18.6 Å². The zero-order chi connectivity index (χ0) is 11.5. The van der Waals surface area contributed by atoms with Crippen LogP contribution in [0.3, 0.4) is 0 Å². The van der Waals surface area contributed by atoms with E-state index in [0.29, 0.717) is 0 Å². The van der Waals surface area contributed by atoms with E-state index < -0.39 is 0 Å². The summed E-state index contributed by atoms with van der Waals surface area (Å²) < 4.78 is 0. The molecule has 0 spiro atoms. The summed E-state index contributed by atoms with van der Waals surface area (Å²) in [6, 6.07) is 8.22. The first-order valence-electron chi connectivity index (χ1n) is 6.16. The molecule has 0 aromatic heterocycles. The highest BCUT2D eigenvalue weighted by molar-refractivity contribution is 5.47. The van der Waals surface area contributed by atoms with E-state index in [1.807, 2.05) is 12.1 Å². The van der Waals surface area contributed by atoms with Gasteiger partial charge in [0.15, 0.2) is 0 Å². The second kappa shape index (κ2) is 4.88. The average Bonchev–Trinajstić information content (AvgIpc) is 2.23. The first kappa shape index (κ1) is 11.5. The van der Waals surface area contributed by atoms with Crippen molar-refractivity contribution in [2.45, 2.75) is 32.3 Å². The van der Waals surface area contributed by atoms with Crippen LogP contribution in [-0.2, 0) is 0 Å². The quantitative estimate of drug-likeness (QED) is 0.841. The molecule has 0 amide bonds. The third kappa shape index (κ3) is 2.56. The standard InChI is InChI=1S/C14H21NO/c1-11(16)13-6-8-14(9-7-13)15(2)10-12-4-3-5-12/h6-9,11-12,16H,3-5,10H2,1-2H3. The summed E-state index contributed by atoms with van der Waals surface area (Å²) in [6.45, 7) is 2.96. The highest BCUT2D eigenvalue weighted by Gasteiger charge is 2.19.